The lowest BCUT2D eigenvalue weighted by molar-refractivity contribution is 0.0776. The molecule has 98 valence electrons. The molecule has 3 N–H and O–H groups in total. The molecule has 0 spiro atoms. The largest absolute Gasteiger partial charge is 0.378 e. The maximum absolute atomic E-state index is 12.9. The number of ether oxygens (including phenoxy) is 1. The lowest BCUT2D eigenvalue weighted by Gasteiger charge is -2.23. The number of rotatable bonds is 3. The maximum Gasteiger partial charge on any atom is 0.319 e. The Kier molecular flexibility index (Phi) is 4.49. The van der Waals surface area contributed by atoms with Crippen molar-refractivity contribution in [1.29, 1.82) is 0 Å². The molecule has 1 fully saturated rings. The Morgan fingerprint density at radius 1 is 1.56 bits per heavy atom. The van der Waals surface area contributed by atoms with Gasteiger partial charge in [0.15, 0.2) is 0 Å². The highest BCUT2D eigenvalue weighted by atomic mass is 19.1. The normalized spacial score (nSPS) is 19.3. The lowest BCUT2D eigenvalue weighted by atomic mass is 10.3. The molecule has 1 aromatic rings. The lowest BCUT2D eigenvalue weighted by Crippen LogP contribution is -2.49. The molecular weight excluding hydrogens is 237 g/mol. The molecule has 1 heterocycles. The molecule has 1 aliphatic rings. The highest BCUT2D eigenvalue weighted by molar-refractivity contribution is 5.89. The van der Waals surface area contributed by atoms with Gasteiger partial charge in [-0.15, -0.1) is 0 Å². The smallest absolute Gasteiger partial charge is 0.319 e. The fraction of sp³-hybridized carbons (Fsp3) is 0.417. The van der Waals surface area contributed by atoms with Gasteiger partial charge < -0.3 is 20.7 Å². The van der Waals surface area contributed by atoms with Crippen LogP contribution in [0, 0.1) is 5.82 Å². The second kappa shape index (κ2) is 6.32. The quantitative estimate of drug-likeness (QED) is 0.751. The number of morpholine rings is 1. The predicted molar refractivity (Wildman–Crippen MR) is 66.0 cm³/mol. The Hall–Kier alpha value is -1.66. The number of amides is 2. The molecule has 5 nitrogen and oxygen atoms in total. The molecular formula is C12H16FN3O2. The Balaban J connectivity index is 1.74. The van der Waals surface area contributed by atoms with Gasteiger partial charge in [-0.25, -0.2) is 9.18 Å². The summed E-state index contributed by atoms with van der Waals surface area (Å²) >= 11 is 0. The number of hydrogen-bond donors (Lipinski definition) is 3. The average molecular weight is 253 g/mol. The molecule has 0 saturated carbocycles. The molecule has 1 atom stereocenters. The van der Waals surface area contributed by atoms with Gasteiger partial charge in [0, 0.05) is 24.8 Å². The van der Waals surface area contributed by atoms with Gasteiger partial charge >= 0.3 is 6.03 Å². The first-order valence-electron chi connectivity index (χ1n) is 5.85. The van der Waals surface area contributed by atoms with Crippen molar-refractivity contribution in [2.45, 2.75) is 6.04 Å². The molecule has 1 aliphatic heterocycles. The molecule has 1 unspecified atom stereocenters. The van der Waals surface area contributed by atoms with Gasteiger partial charge in [0.25, 0.3) is 0 Å². The third-order valence-corrected chi connectivity index (χ3v) is 2.59. The fourth-order valence-corrected chi connectivity index (χ4v) is 1.71. The first-order valence-corrected chi connectivity index (χ1v) is 5.85. The van der Waals surface area contributed by atoms with E-state index in [1.807, 2.05) is 0 Å². The highest BCUT2D eigenvalue weighted by Gasteiger charge is 2.13. The van der Waals surface area contributed by atoms with Gasteiger partial charge in [0.1, 0.15) is 5.82 Å². The minimum absolute atomic E-state index is 0.122. The topological polar surface area (TPSA) is 62.4 Å². The maximum atomic E-state index is 12.9. The molecule has 18 heavy (non-hydrogen) atoms. The number of carbonyl (C=O) groups is 1. The molecule has 1 aromatic carbocycles. The Labute approximate surface area is 105 Å². The predicted octanol–water partition coefficient (Wildman–Crippen LogP) is 0.936. The summed E-state index contributed by atoms with van der Waals surface area (Å²) in [6.07, 6.45) is 0. The number of hydrogen-bond acceptors (Lipinski definition) is 3. The molecule has 1 saturated heterocycles. The van der Waals surface area contributed by atoms with Crippen molar-refractivity contribution in [3.8, 4) is 0 Å². The van der Waals surface area contributed by atoms with Crippen molar-refractivity contribution < 1.29 is 13.9 Å². The van der Waals surface area contributed by atoms with Crippen LogP contribution in [0.1, 0.15) is 0 Å². The van der Waals surface area contributed by atoms with Crippen LogP contribution in [0.5, 0.6) is 0 Å². The fourth-order valence-electron chi connectivity index (χ4n) is 1.71. The van der Waals surface area contributed by atoms with Crippen molar-refractivity contribution in [3.05, 3.63) is 30.1 Å². The molecule has 0 radical (unpaired) electrons. The first-order chi connectivity index (χ1) is 8.74. The minimum atomic E-state index is -0.379. The zero-order chi connectivity index (χ0) is 12.8. The van der Waals surface area contributed by atoms with E-state index in [-0.39, 0.29) is 17.9 Å². The summed E-state index contributed by atoms with van der Waals surface area (Å²) in [5, 5.41) is 8.49. The van der Waals surface area contributed by atoms with Crippen molar-refractivity contribution in [1.82, 2.24) is 10.6 Å². The van der Waals surface area contributed by atoms with Gasteiger partial charge in [0.05, 0.1) is 13.2 Å². The van der Waals surface area contributed by atoms with E-state index in [0.29, 0.717) is 25.4 Å². The van der Waals surface area contributed by atoms with Crippen LogP contribution in [0.15, 0.2) is 24.3 Å². The van der Waals surface area contributed by atoms with E-state index >= 15 is 0 Å². The number of benzene rings is 1. The van der Waals surface area contributed by atoms with Gasteiger partial charge in [-0.05, 0) is 18.2 Å². The Morgan fingerprint density at radius 2 is 2.44 bits per heavy atom. The van der Waals surface area contributed by atoms with Crippen LogP contribution in [-0.2, 0) is 4.74 Å². The summed E-state index contributed by atoms with van der Waals surface area (Å²) in [6, 6.07) is 5.53. The van der Waals surface area contributed by atoms with Crippen molar-refractivity contribution >= 4 is 11.7 Å². The van der Waals surface area contributed by atoms with Crippen LogP contribution in [0.4, 0.5) is 14.9 Å². The Morgan fingerprint density at radius 3 is 3.17 bits per heavy atom. The van der Waals surface area contributed by atoms with Gasteiger partial charge in [0.2, 0.25) is 0 Å². The van der Waals surface area contributed by atoms with Crippen LogP contribution in [0.25, 0.3) is 0 Å². The number of carbonyl (C=O) groups excluding carboxylic acids is 1. The van der Waals surface area contributed by atoms with Crippen LogP contribution in [0.2, 0.25) is 0 Å². The van der Waals surface area contributed by atoms with E-state index in [0.717, 1.165) is 6.54 Å². The zero-order valence-corrected chi connectivity index (χ0v) is 9.91. The summed E-state index contributed by atoms with van der Waals surface area (Å²) in [5.74, 6) is -0.379. The molecule has 0 aliphatic carbocycles. The van der Waals surface area contributed by atoms with E-state index < -0.39 is 0 Å². The van der Waals surface area contributed by atoms with Crippen molar-refractivity contribution in [2.24, 2.45) is 0 Å². The van der Waals surface area contributed by atoms with Crippen LogP contribution < -0.4 is 16.0 Å². The standard InChI is InChI=1S/C12H16FN3O2/c13-9-2-1-3-10(6-9)16-12(17)15-7-11-8-18-5-4-14-11/h1-3,6,11,14H,4-5,7-8H2,(H2,15,16,17). The molecule has 0 bridgehead atoms. The second-order valence-corrected chi connectivity index (χ2v) is 4.07. The van der Waals surface area contributed by atoms with Gasteiger partial charge in [-0.3, -0.25) is 0 Å². The summed E-state index contributed by atoms with van der Waals surface area (Å²) in [4.78, 5) is 11.6. The summed E-state index contributed by atoms with van der Waals surface area (Å²) in [6.45, 7) is 2.55. The minimum Gasteiger partial charge on any atom is -0.378 e. The number of nitrogens with one attached hydrogen (secondary N) is 3. The number of urea groups is 1. The van der Waals surface area contributed by atoms with E-state index in [2.05, 4.69) is 16.0 Å². The average Bonchev–Trinajstić information content (AvgIpc) is 2.38. The molecule has 2 rings (SSSR count). The monoisotopic (exact) mass is 253 g/mol. The SMILES string of the molecule is O=C(NCC1COCCN1)Nc1cccc(F)c1. The van der Waals surface area contributed by atoms with Gasteiger partial charge in [-0.2, -0.15) is 0 Å². The van der Waals surface area contributed by atoms with Crippen LogP contribution in [0.3, 0.4) is 0 Å². The van der Waals surface area contributed by atoms with Crippen molar-refractivity contribution in [3.63, 3.8) is 0 Å². The molecule has 2 amide bonds. The molecule has 6 heteroatoms. The van der Waals surface area contributed by atoms with Crippen LogP contribution in [-0.4, -0.2) is 38.4 Å². The van der Waals surface area contributed by atoms with Crippen LogP contribution >= 0.6 is 0 Å². The first kappa shape index (κ1) is 12.8. The van der Waals surface area contributed by atoms with E-state index in [9.17, 15) is 9.18 Å². The van der Waals surface area contributed by atoms with E-state index in [1.54, 1.807) is 12.1 Å². The highest BCUT2D eigenvalue weighted by Crippen LogP contribution is 2.08. The second-order valence-electron chi connectivity index (χ2n) is 4.07. The Bertz CT molecular complexity index is 408. The van der Waals surface area contributed by atoms with E-state index in [1.165, 1.54) is 12.1 Å². The summed E-state index contributed by atoms with van der Waals surface area (Å²) in [5.41, 5.74) is 0.431. The van der Waals surface area contributed by atoms with E-state index in [4.69, 9.17) is 4.74 Å². The zero-order valence-electron chi connectivity index (χ0n) is 9.91. The third kappa shape index (κ3) is 3.97. The van der Waals surface area contributed by atoms with Gasteiger partial charge in [-0.1, -0.05) is 6.07 Å². The number of halogens is 1. The summed E-state index contributed by atoms with van der Waals surface area (Å²) in [7, 11) is 0. The number of anilines is 1. The molecule has 0 aromatic heterocycles. The van der Waals surface area contributed by atoms with Crippen molar-refractivity contribution in [2.75, 3.05) is 31.6 Å². The summed E-state index contributed by atoms with van der Waals surface area (Å²) < 4.78 is 18.2. The third-order valence-electron chi connectivity index (χ3n) is 2.59.